The maximum atomic E-state index is 12.3. The molecule has 1 unspecified atom stereocenters. The smallest absolute Gasteiger partial charge is 0.325 e. The standard InChI is InChI=1S/C25H23NO3S/c1-29-24(28)18-26-22(27)17-23(26)30-25(19-11-5-2-6-12-19,20-13-7-3-8-14-20)21-15-9-4-10-16-21/h2-16,23H,17-18H2,1H3. The Bertz CT molecular complexity index is 912. The molecule has 0 N–H and O–H groups in total. The van der Waals surface area contributed by atoms with E-state index in [1.807, 2.05) is 54.6 Å². The summed E-state index contributed by atoms with van der Waals surface area (Å²) in [5.41, 5.74) is 3.39. The largest absolute Gasteiger partial charge is 0.468 e. The molecule has 1 aliphatic heterocycles. The molecule has 30 heavy (non-hydrogen) atoms. The van der Waals surface area contributed by atoms with Gasteiger partial charge < -0.3 is 9.64 Å². The highest BCUT2D eigenvalue weighted by Crippen LogP contribution is 2.52. The molecule has 4 rings (SSSR count). The number of hydrogen-bond donors (Lipinski definition) is 0. The highest BCUT2D eigenvalue weighted by Gasteiger charge is 2.46. The molecule has 0 saturated carbocycles. The second kappa shape index (κ2) is 8.76. The Morgan fingerprint density at radius 3 is 1.70 bits per heavy atom. The second-order valence-electron chi connectivity index (χ2n) is 7.15. The molecule has 0 aliphatic carbocycles. The molecule has 5 heteroatoms. The molecule has 3 aromatic rings. The SMILES string of the molecule is COC(=O)CN1C(=O)CC1SC(c1ccccc1)(c1ccccc1)c1ccccc1. The molecule has 1 fully saturated rings. The lowest BCUT2D eigenvalue weighted by molar-refractivity contribution is -0.153. The van der Waals surface area contributed by atoms with Crippen molar-refractivity contribution in [1.29, 1.82) is 0 Å². The number of β-lactam (4-membered cyclic amide) rings is 1. The second-order valence-corrected chi connectivity index (χ2v) is 8.55. The van der Waals surface area contributed by atoms with Crippen LogP contribution >= 0.6 is 11.8 Å². The van der Waals surface area contributed by atoms with Gasteiger partial charge in [0, 0.05) is 0 Å². The summed E-state index contributed by atoms with van der Waals surface area (Å²) in [5.74, 6) is -0.431. The topological polar surface area (TPSA) is 46.6 Å². The van der Waals surface area contributed by atoms with Crippen molar-refractivity contribution in [3.63, 3.8) is 0 Å². The van der Waals surface area contributed by atoms with E-state index in [0.29, 0.717) is 6.42 Å². The van der Waals surface area contributed by atoms with Crippen molar-refractivity contribution in [2.45, 2.75) is 16.5 Å². The van der Waals surface area contributed by atoms with Gasteiger partial charge in [-0.15, -0.1) is 11.8 Å². The fourth-order valence-electron chi connectivity index (χ4n) is 3.85. The van der Waals surface area contributed by atoms with E-state index < -0.39 is 10.7 Å². The molecule has 0 spiro atoms. The number of carbonyl (C=O) groups excluding carboxylic acids is 2. The summed E-state index contributed by atoms with van der Waals surface area (Å²) in [6.45, 7) is -0.0263. The first-order valence-electron chi connectivity index (χ1n) is 9.86. The fourth-order valence-corrected chi connectivity index (χ4v) is 5.62. The van der Waals surface area contributed by atoms with Crippen LogP contribution in [-0.2, 0) is 19.1 Å². The van der Waals surface area contributed by atoms with E-state index in [9.17, 15) is 9.59 Å². The maximum Gasteiger partial charge on any atom is 0.325 e. The average Bonchev–Trinajstić information content (AvgIpc) is 2.81. The number of esters is 1. The van der Waals surface area contributed by atoms with Crippen LogP contribution in [0.3, 0.4) is 0 Å². The van der Waals surface area contributed by atoms with Gasteiger partial charge in [0.15, 0.2) is 0 Å². The van der Waals surface area contributed by atoms with E-state index in [0.717, 1.165) is 16.7 Å². The number of carbonyl (C=O) groups is 2. The predicted octanol–water partition coefficient (Wildman–Crippen LogP) is 4.44. The number of hydrogen-bond acceptors (Lipinski definition) is 4. The Balaban J connectivity index is 1.83. The summed E-state index contributed by atoms with van der Waals surface area (Å²) in [7, 11) is 1.34. The normalized spacial score (nSPS) is 16.1. The molecule has 3 aromatic carbocycles. The molecular formula is C25H23NO3S. The van der Waals surface area contributed by atoms with E-state index in [4.69, 9.17) is 4.74 Å². The molecule has 4 nitrogen and oxygen atoms in total. The first kappa shape index (κ1) is 20.2. The van der Waals surface area contributed by atoms with Gasteiger partial charge in [-0.25, -0.2) is 0 Å². The first-order valence-corrected chi connectivity index (χ1v) is 10.7. The Kier molecular flexibility index (Phi) is 5.91. The third kappa shape index (κ3) is 3.73. The molecule has 1 aliphatic rings. The van der Waals surface area contributed by atoms with Gasteiger partial charge >= 0.3 is 5.97 Å². The third-order valence-electron chi connectivity index (χ3n) is 5.40. The van der Waals surface area contributed by atoms with E-state index in [1.54, 1.807) is 16.7 Å². The lowest BCUT2D eigenvalue weighted by atomic mass is 9.84. The molecule has 0 radical (unpaired) electrons. The van der Waals surface area contributed by atoms with Crippen molar-refractivity contribution in [3.8, 4) is 0 Å². The number of benzene rings is 3. The molecule has 1 saturated heterocycles. The van der Waals surface area contributed by atoms with Crippen molar-refractivity contribution >= 4 is 23.6 Å². The zero-order valence-corrected chi connectivity index (χ0v) is 17.5. The van der Waals surface area contributed by atoms with E-state index in [2.05, 4.69) is 36.4 Å². The highest BCUT2D eigenvalue weighted by molar-refractivity contribution is 8.01. The zero-order chi connectivity index (χ0) is 21.0. The zero-order valence-electron chi connectivity index (χ0n) is 16.7. The van der Waals surface area contributed by atoms with Gasteiger partial charge in [-0.05, 0) is 16.7 Å². The predicted molar refractivity (Wildman–Crippen MR) is 119 cm³/mol. The van der Waals surface area contributed by atoms with Gasteiger partial charge in [0.2, 0.25) is 5.91 Å². The van der Waals surface area contributed by atoms with Gasteiger partial charge in [0.1, 0.15) is 6.54 Å². The van der Waals surface area contributed by atoms with Crippen molar-refractivity contribution in [1.82, 2.24) is 4.90 Å². The van der Waals surface area contributed by atoms with Gasteiger partial charge in [0.05, 0.1) is 23.7 Å². The number of rotatable bonds is 7. The highest BCUT2D eigenvalue weighted by atomic mass is 32.2. The molecule has 1 atom stereocenters. The van der Waals surface area contributed by atoms with Crippen LogP contribution in [0.4, 0.5) is 0 Å². The lowest BCUT2D eigenvalue weighted by Crippen LogP contribution is -2.54. The maximum absolute atomic E-state index is 12.3. The van der Waals surface area contributed by atoms with Crippen LogP contribution in [0.5, 0.6) is 0 Å². The number of thioether (sulfide) groups is 1. The van der Waals surface area contributed by atoms with Crippen molar-refractivity contribution in [2.24, 2.45) is 0 Å². The van der Waals surface area contributed by atoms with Gasteiger partial charge in [-0.2, -0.15) is 0 Å². The molecule has 1 heterocycles. The van der Waals surface area contributed by atoms with Crippen LogP contribution in [0.15, 0.2) is 91.0 Å². The Hall–Kier alpha value is -3.05. The molecule has 0 aromatic heterocycles. The van der Waals surface area contributed by atoms with E-state index >= 15 is 0 Å². The summed E-state index contributed by atoms with van der Waals surface area (Å²) in [6, 6.07) is 31.0. The molecular weight excluding hydrogens is 394 g/mol. The molecule has 1 amide bonds. The quantitative estimate of drug-likeness (QED) is 0.324. The van der Waals surface area contributed by atoms with Gasteiger partial charge in [0.25, 0.3) is 0 Å². The molecule has 0 bridgehead atoms. The monoisotopic (exact) mass is 417 g/mol. The Morgan fingerprint density at radius 2 is 1.33 bits per heavy atom. The van der Waals surface area contributed by atoms with Gasteiger partial charge in [-0.3, -0.25) is 9.59 Å². The van der Waals surface area contributed by atoms with Crippen LogP contribution in [0, 0.1) is 0 Å². The minimum atomic E-state index is -0.524. The van der Waals surface area contributed by atoms with Crippen molar-refractivity contribution in [2.75, 3.05) is 13.7 Å². The minimum Gasteiger partial charge on any atom is -0.468 e. The summed E-state index contributed by atoms with van der Waals surface area (Å²) >= 11 is 1.70. The molecule has 152 valence electrons. The van der Waals surface area contributed by atoms with Crippen molar-refractivity contribution in [3.05, 3.63) is 108 Å². The van der Waals surface area contributed by atoms with Crippen LogP contribution in [0.2, 0.25) is 0 Å². The van der Waals surface area contributed by atoms with E-state index in [1.165, 1.54) is 7.11 Å². The summed E-state index contributed by atoms with van der Waals surface area (Å²) in [5, 5.41) is -0.128. The first-order chi connectivity index (χ1) is 14.6. The van der Waals surface area contributed by atoms with E-state index in [-0.39, 0.29) is 17.8 Å². The Labute approximate surface area is 180 Å². The van der Waals surface area contributed by atoms with Gasteiger partial charge in [-0.1, -0.05) is 91.0 Å². The minimum absolute atomic E-state index is 0.0263. The third-order valence-corrected chi connectivity index (χ3v) is 7.15. The van der Waals surface area contributed by atoms with Crippen LogP contribution < -0.4 is 0 Å². The number of amides is 1. The summed E-state index contributed by atoms with van der Waals surface area (Å²) in [4.78, 5) is 25.8. The fraction of sp³-hybridized carbons (Fsp3) is 0.200. The summed E-state index contributed by atoms with van der Waals surface area (Å²) < 4.78 is 4.27. The number of nitrogens with zero attached hydrogens (tertiary/aromatic N) is 1. The Morgan fingerprint density at radius 1 is 0.900 bits per heavy atom. The number of likely N-dealkylation sites (tertiary alicyclic amines) is 1. The summed E-state index contributed by atoms with van der Waals surface area (Å²) in [6.07, 6.45) is 0.399. The van der Waals surface area contributed by atoms with Crippen molar-refractivity contribution < 1.29 is 14.3 Å². The number of methoxy groups -OCH3 is 1. The van der Waals surface area contributed by atoms with Crippen LogP contribution in [0.25, 0.3) is 0 Å². The van der Waals surface area contributed by atoms with Crippen LogP contribution in [-0.4, -0.2) is 35.8 Å². The van der Waals surface area contributed by atoms with Crippen LogP contribution in [0.1, 0.15) is 23.1 Å². The number of ether oxygens (including phenoxy) is 1. The lowest BCUT2D eigenvalue weighted by Gasteiger charge is -2.45. The average molecular weight is 418 g/mol.